The van der Waals surface area contributed by atoms with Crippen LogP contribution in [0.4, 0.5) is 0 Å². The lowest BCUT2D eigenvalue weighted by Gasteiger charge is -2.28. The summed E-state index contributed by atoms with van der Waals surface area (Å²) in [7, 11) is -2.18. The third-order valence-electron chi connectivity index (χ3n) is 5.69. The van der Waals surface area contributed by atoms with Crippen molar-refractivity contribution in [1.82, 2.24) is 9.62 Å². The Morgan fingerprint density at radius 1 is 1.07 bits per heavy atom. The van der Waals surface area contributed by atoms with Crippen molar-refractivity contribution in [3.8, 4) is 5.75 Å². The van der Waals surface area contributed by atoms with Gasteiger partial charge < -0.3 is 10.1 Å². The van der Waals surface area contributed by atoms with E-state index in [0.29, 0.717) is 41.2 Å². The Hall–Kier alpha value is -1.60. The summed E-state index contributed by atoms with van der Waals surface area (Å²) in [5.41, 5.74) is 1.29. The van der Waals surface area contributed by atoms with Gasteiger partial charge in [-0.05, 0) is 62.8 Å². The predicted octanol–water partition coefficient (Wildman–Crippen LogP) is 2.91. The first kappa shape index (κ1) is 20.1. The van der Waals surface area contributed by atoms with E-state index in [4.69, 9.17) is 4.74 Å². The molecule has 6 nitrogen and oxygen atoms in total. The summed E-state index contributed by atoms with van der Waals surface area (Å²) in [6, 6.07) is 3.03. The molecule has 150 valence electrons. The number of carbonyl (C=O) groups is 1. The summed E-state index contributed by atoms with van der Waals surface area (Å²) in [5, 5.41) is 3.10. The van der Waals surface area contributed by atoms with E-state index in [1.807, 2.05) is 0 Å². The minimum atomic E-state index is -3.74. The average molecular weight is 395 g/mol. The molecule has 3 rings (SSSR count). The third-order valence-corrected chi connectivity index (χ3v) is 7.91. The number of nitrogens with zero attached hydrogens (tertiary/aromatic N) is 1. The van der Waals surface area contributed by atoms with Crippen LogP contribution < -0.4 is 10.1 Å². The number of carbonyl (C=O) groups excluding carboxylic acids is 1. The molecule has 1 aromatic rings. The number of nitrogens with one attached hydrogen (secondary N) is 1. The van der Waals surface area contributed by atoms with Crippen molar-refractivity contribution in [2.45, 2.75) is 75.8 Å². The Labute approximate surface area is 162 Å². The van der Waals surface area contributed by atoms with E-state index in [1.165, 1.54) is 10.7 Å². The van der Waals surface area contributed by atoms with Crippen LogP contribution in [0.2, 0.25) is 0 Å². The van der Waals surface area contributed by atoms with Crippen LogP contribution in [0, 0.1) is 13.8 Å². The molecule has 1 saturated heterocycles. The van der Waals surface area contributed by atoms with Crippen LogP contribution >= 0.6 is 0 Å². The fourth-order valence-corrected chi connectivity index (χ4v) is 6.46. The van der Waals surface area contributed by atoms with Crippen molar-refractivity contribution in [2.24, 2.45) is 0 Å². The number of hydrogen-bond acceptors (Lipinski definition) is 4. The lowest BCUT2D eigenvalue weighted by atomic mass is 9.95. The van der Waals surface area contributed by atoms with Gasteiger partial charge in [-0.2, -0.15) is 4.31 Å². The number of methoxy groups -OCH3 is 1. The predicted molar refractivity (Wildman–Crippen MR) is 104 cm³/mol. The van der Waals surface area contributed by atoms with Gasteiger partial charge in [-0.15, -0.1) is 0 Å². The van der Waals surface area contributed by atoms with Crippen LogP contribution in [0.15, 0.2) is 17.0 Å². The summed E-state index contributed by atoms with van der Waals surface area (Å²) < 4.78 is 33.4. The first-order valence-corrected chi connectivity index (χ1v) is 11.3. The van der Waals surface area contributed by atoms with Gasteiger partial charge >= 0.3 is 0 Å². The molecule has 1 atom stereocenters. The zero-order valence-corrected chi connectivity index (χ0v) is 17.3. The van der Waals surface area contributed by atoms with Crippen molar-refractivity contribution < 1.29 is 17.9 Å². The molecule has 1 aliphatic carbocycles. The van der Waals surface area contributed by atoms with E-state index in [2.05, 4.69) is 5.32 Å². The fourth-order valence-electron chi connectivity index (χ4n) is 4.39. The zero-order chi connectivity index (χ0) is 19.6. The molecule has 1 N–H and O–H groups in total. The molecule has 2 aliphatic rings. The van der Waals surface area contributed by atoms with Gasteiger partial charge in [0.2, 0.25) is 15.9 Å². The number of sulfonamides is 1. The van der Waals surface area contributed by atoms with Crippen molar-refractivity contribution in [1.29, 1.82) is 0 Å². The maximum absolute atomic E-state index is 13.4. The average Bonchev–Trinajstić information content (AvgIpc) is 3.12. The van der Waals surface area contributed by atoms with Gasteiger partial charge in [-0.1, -0.05) is 19.3 Å². The number of benzene rings is 1. The zero-order valence-electron chi connectivity index (χ0n) is 16.5. The lowest BCUT2D eigenvalue weighted by Crippen LogP contribution is -2.49. The first-order valence-electron chi connectivity index (χ1n) is 9.82. The summed E-state index contributed by atoms with van der Waals surface area (Å²) in [4.78, 5) is 13.1. The van der Waals surface area contributed by atoms with Gasteiger partial charge in [0.1, 0.15) is 11.8 Å². The molecule has 1 aliphatic heterocycles. The molecule has 0 spiro atoms. The van der Waals surface area contributed by atoms with Crippen molar-refractivity contribution >= 4 is 15.9 Å². The Kier molecular flexibility index (Phi) is 6.11. The van der Waals surface area contributed by atoms with Gasteiger partial charge in [0, 0.05) is 12.6 Å². The quantitative estimate of drug-likeness (QED) is 0.833. The van der Waals surface area contributed by atoms with E-state index in [0.717, 1.165) is 25.7 Å². The van der Waals surface area contributed by atoms with Crippen LogP contribution in [-0.2, 0) is 14.8 Å². The van der Waals surface area contributed by atoms with E-state index < -0.39 is 16.1 Å². The molecule has 7 heteroatoms. The fraction of sp³-hybridized carbons (Fsp3) is 0.650. The number of amides is 1. The van der Waals surface area contributed by atoms with Crippen LogP contribution in [0.25, 0.3) is 0 Å². The molecular formula is C20H30N2O4S. The second kappa shape index (κ2) is 8.19. The van der Waals surface area contributed by atoms with Gasteiger partial charge in [0.05, 0.1) is 12.0 Å². The highest BCUT2D eigenvalue weighted by Crippen LogP contribution is 2.32. The molecule has 1 aromatic carbocycles. The number of ether oxygens (including phenoxy) is 1. The third kappa shape index (κ3) is 4.14. The molecule has 1 amide bonds. The van der Waals surface area contributed by atoms with Crippen LogP contribution in [-0.4, -0.2) is 44.4 Å². The monoisotopic (exact) mass is 394 g/mol. The van der Waals surface area contributed by atoms with E-state index in [9.17, 15) is 13.2 Å². The Morgan fingerprint density at radius 3 is 2.30 bits per heavy atom. The van der Waals surface area contributed by atoms with E-state index in [1.54, 1.807) is 33.1 Å². The maximum Gasteiger partial charge on any atom is 0.244 e. The highest BCUT2D eigenvalue weighted by molar-refractivity contribution is 7.89. The van der Waals surface area contributed by atoms with Crippen molar-refractivity contribution in [3.05, 3.63) is 23.3 Å². The summed E-state index contributed by atoms with van der Waals surface area (Å²) >= 11 is 0. The molecule has 0 bridgehead atoms. The standard InChI is InChI=1S/C20H30N2O4S/c1-14-12-17(26-3)13-15(2)19(14)27(24,25)22-11-7-10-18(22)20(23)21-16-8-5-4-6-9-16/h12-13,16,18H,4-11H2,1-3H3,(H,21,23)/t18-/m1/s1. The van der Waals surface area contributed by atoms with Crippen LogP contribution in [0.3, 0.4) is 0 Å². The second-order valence-electron chi connectivity index (χ2n) is 7.71. The topological polar surface area (TPSA) is 75.7 Å². The lowest BCUT2D eigenvalue weighted by molar-refractivity contribution is -0.125. The highest BCUT2D eigenvalue weighted by Gasteiger charge is 2.41. The SMILES string of the molecule is COc1cc(C)c(S(=O)(=O)N2CCC[C@@H]2C(=O)NC2CCCCC2)c(C)c1. The largest absolute Gasteiger partial charge is 0.497 e. The Bertz CT molecular complexity index is 777. The molecule has 1 heterocycles. The number of hydrogen-bond donors (Lipinski definition) is 1. The van der Waals surface area contributed by atoms with Gasteiger partial charge in [-0.25, -0.2) is 8.42 Å². The molecule has 0 aromatic heterocycles. The minimum Gasteiger partial charge on any atom is -0.497 e. The first-order chi connectivity index (χ1) is 12.8. The second-order valence-corrected chi connectivity index (χ2v) is 9.54. The molecule has 0 radical (unpaired) electrons. The van der Waals surface area contributed by atoms with Crippen molar-refractivity contribution in [2.75, 3.05) is 13.7 Å². The smallest absolute Gasteiger partial charge is 0.244 e. The Balaban J connectivity index is 1.84. The minimum absolute atomic E-state index is 0.146. The van der Waals surface area contributed by atoms with Crippen LogP contribution in [0.5, 0.6) is 5.75 Å². The summed E-state index contributed by atoms with van der Waals surface area (Å²) in [5.74, 6) is 0.490. The van der Waals surface area contributed by atoms with Crippen LogP contribution in [0.1, 0.15) is 56.1 Å². The molecule has 0 unspecified atom stereocenters. The van der Waals surface area contributed by atoms with Gasteiger partial charge in [-0.3, -0.25) is 4.79 Å². The normalized spacial score (nSPS) is 22.0. The van der Waals surface area contributed by atoms with Gasteiger partial charge in [0.15, 0.2) is 0 Å². The van der Waals surface area contributed by atoms with Gasteiger partial charge in [0.25, 0.3) is 0 Å². The maximum atomic E-state index is 13.4. The molecule has 27 heavy (non-hydrogen) atoms. The molecular weight excluding hydrogens is 364 g/mol. The Morgan fingerprint density at radius 2 is 1.70 bits per heavy atom. The highest BCUT2D eigenvalue weighted by atomic mass is 32.2. The summed E-state index contributed by atoms with van der Waals surface area (Å²) in [6.07, 6.45) is 6.72. The van der Waals surface area contributed by atoms with Crippen molar-refractivity contribution in [3.63, 3.8) is 0 Å². The number of rotatable bonds is 5. The summed E-state index contributed by atoms with van der Waals surface area (Å²) in [6.45, 7) is 3.93. The molecule has 2 fully saturated rings. The van der Waals surface area contributed by atoms with E-state index >= 15 is 0 Å². The van der Waals surface area contributed by atoms with E-state index in [-0.39, 0.29) is 11.9 Å². The number of aryl methyl sites for hydroxylation is 2. The molecule has 1 saturated carbocycles.